The Bertz CT molecular complexity index is 839. The van der Waals surface area contributed by atoms with Crippen LogP contribution < -0.4 is 0 Å². The molecule has 2 aromatic rings. The third-order valence-corrected chi connectivity index (χ3v) is 5.39. The minimum absolute atomic E-state index is 0.197. The van der Waals surface area contributed by atoms with E-state index >= 15 is 0 Å². The summed E-state index contributed by atoms with van der Waals surface area (Å²) in [5, 5.41) is 12.4. The van der Waals surface area contributed by atoms with E-state index in [0.717, 1.165) is 16.0 Å². The second-order valence-electron chi connectivity index (χ2n) is 6.45. The quantitative estimate of drug-likeness (QED) is 0.889. The summed E-state index contributed by atoms with van der Waals surface area (Å²) in [5.74, 6) is -1.44. The molecule has 3 heterocycles. The smallest absolute Gasteiger partial charge is 0.290 e. The molecule has 2 aromatic heterocycles. The molecule has 1 aliphatic heterocycles. The molecular formula is C19H20N2O3S. The number of nitrogens with zero attached hydrogens (tertiary/aromatic N) is 2. The second kappa shape index (κ2) is 6.80. The molecular weight excluding hydrogens is 336 g/mol. The van der Waals surface area contributed by atoms with E-state index < -0.39 is 17.7 Å². The highest BCUT2D eigenvalue weighted by molar-refractivity contribution is 7.10. The van der Waals surface area contributed by atoms with Crippen LogP contribution in [0.1, 0.15) is 35.9 Å². The maximum absolute atomic E-state index is 12.7. The zero-order chi connectivity index (χ0) is 18.1. The van der Waals surface area contributed by atoms with Gasteiger partial charge in [0.2, 0.25) is 0 Å². The summed E-state index contributed by atoms with van der Waals surface area (Å²) < 4.78 is 0. The monoisotopic (exact) mass is 356 g/mol. The minimum Gasteiger partial charge on any atom is -0.503 e. The van der Waals surface area contributed by atoms with Crippen molar-refractivity contribution in [2.45, 2.75) is 33.4 Å². The number of ketones is 1. The standard InChI is InChI=1S/C19H20N2O3S/c1-11(2)16(22)14-15(18-12(3)6-8-25-18)21(19(24)17(14)23)10-13-5-4-7-20-9-13/h4-9,11,15,23H,10H2,1-3H3. The normalized spacial score (nSPS) is 17.7. The summed E-state index contributed by atoms with van der Waals surface area (Å²) in [6, 6.07) is 5.08. The van der Waals surface area contributed by atoms with Crippen molar-refractivity contribution in [1.29, 1.82) is 0 Å². The van der Waals surface area contributed by atoms with Gasteiger partial charge < -0.3 is 10.0 Å². The lowest BCUT2D eigenvalue weighted by Crippen LogP contribution is -2.31. The van der Waals surface area contributed by atoms with E-state index in [0.29, 0.717) is 0 Å². The fourth-order valence-corrected chi connectivity index (χ4v) is 4.05. The maximum Gasteiger partial charge on any atom is 0.290 e. The molecule has 1 atom stereocenters. The number of carbonyl (C=O) groups excluding carboxylic acids is 2. The minimum atomic E-state index is -0.553. The van der Waals surface area contributed by atoms with E-state index in [9.17, 15) is 14.7 Å². The van der Waals surface area contributed by atoms with Crippen LogP contribution in [-0.2, 0) is 16.1 Å². The van der Waals surface area contributed by atoms with Crippen molar-refractivity contribution in [2.75, 3.05) is 0 Å². The van der Waals surface area contributed by atoms with Crippen LogP contribution in [0.4, 0.5) is 0 Å². The van der Waals surface area contributed by atoms with Gasteiger partial charge in [0.05, 0.1) is 11.6 Å². The highest BCUT2D eigenvalue weighted by Crippen LogP contribution is 2.42. The van der Waals surface area contributed by atoms with Gasteiger partial charge in [-0.25, -0.2) is 0 Å². The molecule has 0 aromatic carbocycles. The lowest BCUT2D eigenvalue weighted by Gasteiger charge is -2.26. The summed E-state index contributed by atoms with van der Waals surface area (Å²) in [6.07, 6.45) is 3.35. The predicted molar refractivity (Wildman–Crippen MR) is 96.1 cm³/mol. The Morgan fingerprint density at radius 3 is 2.72 bits per heavy atom. The van der Waals surface area contributed by atoms with Crippen molar-refractivity contribution in [3.8, 4) is 0 Å². The number of amides is 1. The van der Waals surface area contributed by atoms with Gasteiger partial charge in [-0.3, -0.25) is 14.6 Å². The number of rotatable bonds is 5. The summed E-state index contributed by atoms with van der Waals surface area (Å²) in [5.41, 5.74) is 2.05. The molecule has 1 unspecified atom stereocenters. The first-order chi connectivity index (χ1) is 11.9. The Hall–Kier alpha value is -2.47. The van der Waals surface area contributed by atoms with Gasteiger partial charge in [-0.2, -0.15) is 0 Å². The third kappa shape index (κ3) is 3.09. The first kappa shape index (κ1) is 17.4. The number of hydrogen-bond donors (Lipinski definition) is 1. The van der Waals surface area contributed by atoms with Gasteiger partial charge >= 0.3 is 0 Å². The number of aromatic nitrogens is 1. The van der Waals surface area contributed by atoms with E-state index in [1.54, 1.807) is 37.2 Å². The van der Waals surface area contributed by atoms with Gasteiger partial charge in [-0.05, 0) is 35.6 Å². The molecule has 0 spiro atoms. The molecule has 1 amide bonds. The number of aryl methyl sites for hydroxylation is 1. The zero-order valence-electron chi connectivity index (χ0n) is 14.4. The van der Waals surface area contributed by atoms with Gasteiger partial charge in [-0.1, -0.05) is 19.9 Å². The number of aliphatic hydroxyl groups is 1. The largest absolute Gasteiger partial charge is 0.503 e. The zero-order valence-corrected chi connectivity index (χ0v) is 15.2. The highest BCUT2D eigenvalue weighted by atomic mass is 32.1. The van der Waals surface area contributed by atoms with Gasteiger partial charge in [0.15, 0.2) is 11.5 Å². The summed E-state index contributed by atoms with van der Waals surface area (Å²) in [7, 11) is 0. The Morgan fingerprint density at radius 1 is 1.40 bits per heavy atom. The number of hydrogen-bond acceptors (Lipinski definition) is 5. The molecule has 3 rings (SSSR count). The molecule has 5 nitrogen and oxygen atoms in total. The van der Waals surface area contributed by atoms with Crippen LogP contribution in [0.25, 0.3) is 0 Å². The van der Waals surface area contributed by atoms with Crippen molar-refractivity contribution in [3.63, 3.8) is 0 Å². The van der Waals surface area contributed by atoms with E-state index in [2.05, 4.69) is 4.98 Å². The molecule has 6 heteroatoms. The van der Waals surface area contributed by atoms with Crippen LogP contribution in [0, 0.1) is 12.8 Å². The average Bonchev–Trinajstić information content (AvgIpc) is 3.11. The van der Waals surface area contributed by atoms with Crippen LogP contribution in [0.2, 0.25) is 0 Å². The molecule has 25 heavy (non-hydrogen) atoms. The maximum atomic E-state index is 12.7. The summed E-state index contributed by atoms with van der Waals surface area (Å²) in [6.45, 7) is 5.78. The van der Waals surface area contributed by atoms with Gasteiger partial charge in [0.25, 0.3) is 5.91 Å². The first-order valence-electron chi connectivity index (χ1n) is 8.13. The Balaban J connectivity index is 2.07. The van der Waals surface area contributed by atoms with Gasteiger partial charge in [-0.15, -0.1) is 11.3 Å². The van der Waals surface area contributed by atoms with Crippen LogP contribution in [-0.4, -0.2) is 26.7 Å². The van der Waals surface area contributed by atoms with Crippen molar-refractivity contribution >= 4 is 23.0 Å². The van der Waals surface area contributed by atoms with Crippen molar-refractivity contribution < 1.29 is 14.7 Å². The third-order valence-electron chi connectivity index (χ3n) is 4.32. The number of Topliss-reactive ketones (excluding diaryl/α,β-unsaturated/α-hetero) is 1. The van der Waals surface area contributed by atoms with Crippen LogP contribution >= 0.6 is 11.3 Å². The fourth-order valence-electron chi connectivity index (χ4n) is 3.00. The number of carbonyl (C=O) groups is 2. The molecule has 130 valence electrons. The molecule has 0 radical (unpaired) electrons. The molecule has 0 fully saturated rings. The lowest BCUT2D eigenvalue weighted by atomic mass is 9.93. The molecule has 1 aliphatic rings. The van der Waals surface area contributed by atoms with Crippen LogP contribution in [0.15, 0.2) is 47.3 Å². The number of thiophene rings is 1. The van der Waals surface area contributed by atoms with E-state index in [4.69, 9.17) is 0 Å². The summed E-state index contributed by atoms with van der Waals surface area (Å²) in [4.78, 5) is 32.0. The molecule has 0 bridgehead atoms. The number of pyridine rings is 1. The molecule has 0 saturated carbocycles. The molecule has 0 aliphatic carbocycles. The SMILES string of the molecule is Cc1ccsc1C1C(C(=O)C(C)C)=C(O)C(=O)N1Cc1cccnc1. The topological polar surface area (TPSA) is 70.5 Å². The van der Waals surface area contributed by atoms with Crippen molar-refractivity contribution in [1.82, 2.24) is 9.88 Å². The lowest BCUT2D eigenvalue weighted by molar-refractivity contribution is -0.130. The molecule has 0 saturated heterocycles. The second-order valence-corrected chi connectivity index (χ2v) is 7.39. The fraction of sp³-hybridized carbons (Fsp3) is 0.316. The highest BCUT2D eigenvalue weighted by Gasteiger charge is 2.44. The van der Waals surface area contributed by atoms with E-state index in [1.165, 1.54) is 11.3 Å². The van der Waals surface area contributed by atoms with E-state index in [-0.39, 0.29) is 23.8 Å². The predicted octanol–water partition coefficient (Wildman–Crippen LogP) is 3.57. The Morgan fingerprint density at radius 2 is 2.16 bits per heavy atom. The van der Waals surface area contributed by atoms with Crippen LogP contribution in [0.3, 0.4) is 0 Å². The Kier molecular flexibility index (Phi) is 4.72. The Labute approximate surface area is 150 Å². The first-order valence-corrected chi connectivity index (χ1v) is 9.01. The molecule has 1 N–H and O–H groups in total. The van der Waals surface area contributed by atoms with Crippen LogP contribution in [0.5, 0.6) is 0 Å². The van der Waals surface area contributed by atoms with Gasteiger partial charge in [0, 0.05) is 29.7 Å². The number of aliphatic hydroxyl groups excluding tert-OH is 1. The van der Waals surface area contributed by atoms with Crippen molar-refractivity contribution in [2.24, 2.45) is 5.92 Å². The van der Waals surface area contributed by atoms with Crippen molar-refractivity contribution in [3.05, 3.63) is 63.3 Å². The summed E-state index contributed by atoms with van der Waals surface area (Å²) >= 11 is 1.49. The van der Waals surface area contributed by atoms with E-state index in [1.807, 2.05) is 24.4 Å². The van der Waals surface area contributed by atoms with Gasteiger partial charge in [0.1, 0.15) is 0 Å². The average molecular weight is 356 g/mol.